The van der Waals surface area contributed by atoms with E-state index in [-0.39, 0.29) is 0 Å². The molecule has 168 valence electrons. The van der Waals surface area contributed by atoms with Crippen molar-refractivity contribution in [2.75, 3.05) is 5.32 Å². The molecule has 1 aromatic carbocycles. The van der Waals surface area contributed by atoms with Gasteiger partial charge in [-0.3, -0.25) is 0 Å². The SMILES string of the molecule is C[C@H](Nc1cccc(C#N)c1)[C@H]1CC[C@H]2[C@@H]3CC[C@@H]4C[C@](C)(O)CC[C@@H]4[C@H]3CC[C@]12C. The van der Waals surface area contributed by atoms with Gasteiger partial charge in [0.1, 0.15) is 0 Å². The standard InChI is InChI=1S/C28H40N2O/c1-18(30-21-6-4-5-19(15-21)17-29)25-9-10-26-24-8-7-20-16-27(2,31)13-11-22(20)23(24)12-14-28(25,26)3/h4-6,15,18,20,22-26,30-31H,7-14,16H2,1-3H3/t18-,20+,22-,23+,24+,25+,26-,27+,28+/m0/s1. The van der Waals surface area contributed by atoms with E-state index in [1.165, 1.54) is 44.9 Å². The Morgan fingerprint density at radius 3 is 2.65 bits per heavy atom. The first-order valence-corrected chi connectivity index (χ1v) is 12.8. The first-order chi connectivity index (χ1) is 14.8. The molecule has 0 bridgehead atoms. The molecule has 5 rings (SSSR count). The molecule has 4 aliphatic rings. The first-order valence-electron chi connectivity index (χ1n) is 12.8. The fourth-order valence-corrected chi connectivity index (χ4v) is 8.99. The molecule has 0 spiro atoms. The number of fused-ring (bicyclic) bond motifs is 5. The summed E-state index contributed by atoms with van der Waals surface area (Å²) in [4.78, 5) is 0. The van der Waals surface area contributed by atoms with E-state index in [1.54, 1.807) is 0 Å². The quantitative estimate of drug-likeness (QED) is 0.596. The molecule has 0 aliphatic heterocycles. The predicted octanol–water partition coefficient (Wildman–Crippen LogP) is 6.38. The van der Waals surface area contributed by atoms with Crippen LogP contribution in [0.4, 0.5) is 5.69 Å². The second kappa shape index (κ2) is 7.80. The molecular weight excluding hydrogens is 380 g/mol. The van der Waals surface area contributed by atoms with Gasteiger partial charge in [-0.25, -0.2) is 0 Å². The van der Waals surface area contributed by atoms with E-state index in [9.17, 15) is 10.4 Å². The van der Waals surface area contributed by atoms with E-state index in [0.717, 1.165) is 53.7 Å². The average molecular weight is 421 g/mol. The van der Waals surface area contributed by atoms with Crippen LogP contribution in [0.2, 0.25) is 0 Å². The molecule has 9 atom stereocenters. The van der Waals surface area contributed by atoms with Gasteiger partial charge in [-0.15, -0.1) is 0 Å². The molecule has 0 amide bonds. The topological polar surface area (TPSA) is 56.0 Å². The Balaban J connectivity index is 1.30. The van der Waals surface area contributed by atoms with Gasteiger partial charge in [0.25, 0.3) is 0 Å². The fraction of sp³-hybridized carbons (Fsp3) is 0.750. The van der Waals surface area contributed by atoms with Crippen molar-refractivity contribution in [1.29, 1.82) is 5.26 Å². The van der Waals surface area contributed by atoms with E-state index in [4.69, 9.17) is 0 Å². The maximum Gasteiger partial charge on any atom is 0.0992 e. The summed E-state index contributed by atoms with van der Waals surface area (Å²) in [7, 11) is 0. The monoisotopic (exact) mass is 420 g/mol. The highest BCUT2D eigenvalue weighted by molar-refractivity contribution is 5.49. The Morgan fingerprint density at radius 2 is 1.84 bits per heavy atom. The van der Waals surface area contributed by atoms with Crippen LogP contribution in [0.5, 0.6) is 0 Å². The smallest absolute Gasteiger partial charge is 0.0992 e. The number of nitrogens with zero attached hydrogens (tertiary/aromatic N) is 1. The summed E-state index contributed by atoms with van der Waals surface area (Å²) in [5, 5.41) is 23.6. The molecule has 0 saturated heterocycles. The third-order valence-corrected chi connectivity index (χ3v) is 10.3. The second-order valence-corrected chi connectivity index (χ2v) is 12.0. The van der Waals surface area contributed by atoms with Crippen molar-refractivity contribution < 1.29 is 5.11 Å². The van der Waals surface area contributed by atoms with Crippen molar-refractivity contribution in [1.82, 2.24) is 0 Å². The zero-order chi connectivity index (χ0) is 21.8. The summed E-state index contributed by atoms with van der Waals surface area (Å²) in [6.45, 7) is 7.03. The largest absolute Gasteiger partial charge is 0.390 e. The van der Waals surface area contributed by atoms with E-state index in [0.29, 0.717) is 17.4 Å². The minimum absolute atomic E-state index is 0.417. The predicted molar refractivity (Wildman–Crippen MR) is 125 cm³/mol. The van der Waals surface area contributed by atoms with Gasteiger partial charge in [0.05, 0.1) is 17.2 Å². The lowest BCUT2D eigenvalue weighted by Crippen LogP contribution is -2.51. The van der Waals surface area contributed by atoms with E-state index < -0.39 is 5.60 Å². The van der Waals surface area contributed by atoms with Gasteiger partial charge in [-0.2, -0.15) is 5.26 Å². The number of rotatable bonds is 3. The summed E-state index contributed by atoms with van der Waals surface area (Å²) < 4.78 is 0. The van der Waals surface area contributed by atoms with Crippen molar-refractivity contribution >= 4 is 5.69 Å². The number of benzene rings is 1. The van der Waals surface area contributed by atoms with Crippen LogP contribution in [0.25, 0.3) is 0 Å². The molecule has 1 aromatic rings. The van der Waals surface area contributed by atoms with E-state index >= 15 is 0 Å². The average Bonchev–Trinajstić information content (AvgIpc) is 3.10. The van der Waals surface area contributed by atoms with E-state index in [2.05, 4.69) is 38.2 Å². The normalized spacial score (nSPS) is 45.0. The Labute approximate surface area is 188 Å². The number of hydrogen-bond donors (Lipinski definition) is 2. The number of hydrogen-bond acceptors (Lipinski definition) is 3. The van der Waals surface area contributed by atoms with Crippen LogP contribution in [0.15, 0.2) is 24.3 Å². The van der Waals surface area contributed by atoms with Gasteiger partial charge in [-0.1, -0.05) is 13.0 Å². The molecule has 4 saturated carbocycles. The van der Waals surface area contributed by atoms with Crippen LogP contribution >= 0.6 is 0 Å². The highest BCUT2D eigenvalue weighted by Crippen LogP contribution is 2.65. The van der Waals surface area contributed by atoms with Crippen LogP contribution in [-0.2, 0) is 0 Å². The van der Waals surface area contributed by atoms with Crippen LogP contribution < -0.4 is 5.32 Å². The molecule has 0 aromatic heterocycles. The third kappa shape index (κ3) is 3.70. The summed E-state index contributed by atoms with van der Waals surface area (Å²) >= 11 is 0. The Morgan fingerprint density at radius 1 is 1.03 bits per heavy atom. The molecule has 4 aliphatic carbocycles. The Hall–Kier alpha value is -1.53. The van der Waals surface area contributed by atoms with Gasteiger partial charge >= 0.3 is 0 Å². The lowest BCUT2D eigenvalue weighted by atomic mass is 9.49. The summed E-state index contributed by atoms with van der Waals surface area (Å²) in [5.41, 5.74) is 1.84. The number of nitrogens with one attached hydrogen (secondary N) is 1. The van der Waals surface area contributed by atoms with Crippen molar-refractivity contribution in [3.8, 4) is 6.07 Å². The van der Waals surface area contributed by atoms with Crippen molar-refractivity contribution in [3.63, 3.8) is 0 Å². The van der Waals surface area contributed by atoms with Crippen LogP contribution in [0.3, 0.4) is 0 Å². The van der Waals surface area contributed by atoms with Gasteiger partial charge < -0.3 is 10.4 Å². The molecule has 0 unspecified atom stereocenters. The minimum Gasteiger partial charge on any atom is -0.390 e. The molecular formula is C28H40N2O. The van der Waals surface area contributed by atoms with Crippen LogP contribution in [0, 0.1) is 52.3 Å². The zero-order valence-corrected chi connectivity index (χ0v) is 19.6. The van der Waals surface area contributed by atoms with Gasteiger partial charge in [-0.05, 0) is 131 Å². The van der Waals surface area contributed by atoms with E-state index in [1.807, 2.05) is 18.2 Å². The molecule has 2 N–H and O–H groups in total. The molecule has 4 fully saturated rings. The summed E-state index contributed by atoms with van der Waals surface area (Å²) in [5.74, 6) is 5.01. The second-order valence-electron chi connectivity index (χ2n) is 12.0. The van der Waals surface area contributed by atoms with Gasteiger partial charge in [0, 0.05) is 11.7 Å². The number of anilines is 1. The summed E-state index contributed by atoms with van der Waals surface area (Å²) in [6, 6.07) is 10.6. The number of aliphatic hydroxyl groups is 1. The Bertz CT molecular complexity index is 857. The van der Waals surface area contributed by atoms with Crippen LogP contribution in [0.1, 0.15) is 84.1 Å². The molecule has 0 heterocycles. The van der Waals surface area contributed by atoms with Crippen molar-refractivity contribution in [2.24, 2.45) is 40.9 Å². The lowest BCUT2D eigenvalue weighted by Gasteiger charge is -2.57. The molecule has 3 nitrogen and oxygen atoms in total. The summed E-state index contributed by atoms with van der Waals surface area (Å²) in [6.07, 6.45) is 11.5. The van der Waals surface area contributed by atoms with Crippen molar-refractivity contribution in [3.05, 3.63) is 29.8 Å². The Kier molecular flexibility index (Phi) is 5.37. The molecule has 3 heteroatoms. The first kappa shape index (κ1) is 21.3. The van der Waals surface area contributed by atoms with Gasteiger partial charge in [0.15, 0.2) is 0 Å². The fourth-order valence-electron chi connectivity index (χ4n) is 8.99. The maximum atomic E-state index is 10.6. The zero-order valence-electron chi connectivity index (χ0n) is 19.6. The molecule has 0 radical (unpaired) electrons. The highest BCUT2D eigenvalue weighted by atomic mass is 16.3. The van der Waals surface area contributed by atoms with Crippen molar-refractivity contribution in [2.45, 2.75) is 90.2 Å². The minimum atomic E-state index is -0.417. The number of nitriles is 1. The highest BCUT2D eigenvalue weighted by Gasteiger charge is 2.58. The maximum absolute atomic E-state index is 10.6. The third-order valence-electron chi connectivity index (χ3n) is 10.3. The molecule has 31 heavy (non-hydrogen) atoms. The van der Waals surface area contributed by atoms with Gasteiger partial charge in [0.2, 0.25) is 0 Å². The van der Waals surface area contributed by atoms with Crippen LogP contribution in [-0.4, -0.2) is 16.7 Å². The lowest BCUT2D eigenvalue weighted by molar-refractivity contribution is -0.100.